The van der Waals surface area contributed by atoms with E-state index in [1.165, 1.54) is 6.07 Å². The number of aromatic amines is 1. The Bertz CT molecular complexity index is 586. The number of benzene rings is 1. The van der Waals surface area contributed by atoms with Gasteiger partial charge in [0.25, 0.3) is 0 Å². The van der Waals surface area contributed by atoms with Crippen molar-refractivity contribution in [2.45, 2.75) is 26.8 Å². The quantitative estimate of drug-likeness (QED) is 0.847. The van der Waals surface area contributed by atoms with Crippen molar-refractivity contribution < 1.29 is 4.39 Å². The summed E-state index contributed by atoms with van der Waals surface area (Å²) in [6.45, 7) is 4.71. The third kappa shape index (κ3) is 2.29. The maximum Gasteiger partial charge on any atom is 0.195 e. The first kappa shape index (κ1) is 12.0. The zero-order chi connectivity index (χ0) is 12.4. The monoisotopic (exact) mass is 251 g/mol. The van der Waals surface area contributed by atoms with E-state index in [1.54, 1.807) is 12.1 Å². The molecule has 0 fully saturated rings. The smallest absolute Gasteiger partial charge is 0.195 e. The van der Waals surface area contributed by atoms with Crippen molar-refractivity contribution >= 4 is 12.2 Å². The number of aromatic nitrogens is 3. The number of H-pyrrole nitrogens is 1. The number of rotatable bonds is 3. The number of nitrogens with one attached hydrogen (secondary N) is 1. The highest BCUT2D eigenvalue weighted by Crippen LogP contribution is 2.22. The zero-order valence-corrected chi connectivity index (χ0v) is 10.6. The van der Waals surface area contributed by atoms with Gasteiger partial charge in [0.15, 0.2) is 10.6 Å². The summed E-state index contributed by atoms with van der Waals surface area (Å²) in [5.41, 5.74) is 1.49. The van der Waals surface area contributed by atoms with Crippen LogP contribution in [0.1, 0.15) is 18.9 Å². The molecule has 1 heterocycles. The maximum atomic E-state index is 13.8. The van der Waals surface area contributed by atoms with Gasteiger partial charge in [-0.05, 0) is 37.7 Å². The van der Waals surface area contributed by atoms with Crippen LogP contribution in [0.5, 0.6) is 0 Å². The lowest BCUT2D eigenvalue weighted by Gasteiger charge is -2.06. The van der Waals surface area contributed by atoms with Crippen LogP contribution in [0.2, 0.25) is 0 Å². The van der Waals surface area contributed by atoms with Crippen molar-refractivity contribution in [1.82, 2.24) is 14.8 Å². The second-order valence-corrected chi connectivity index (χ2v) is 4.37. The van der Waals surface area contributed by atoms with E-state index >= 15 is 0 Å². The number of hydrogen-bond donors (Lipinski definition) is 1. The molecule has 1 aromatic heterocycles. The molecule has 17 heavy (non-hydrogen) atoms. The molecule has 90 valence electrons. The standard InChI is InChI=1S/C12H14FN3S/c1-3-6-16-11(14-15-12(16)17)9-7-8(2)4-5-10(9)13/h4-5,7H,3,6H2,1-2H3,(H,15,17). The van der Waals surface area contributed by atoms with Gasteiger partial charge in [-0.2, -0.15) is 5.10 Å². The Morgan fingerprint density at radius 1 is 1.47 bits per heavy atom. The van der Waals surface area contributed by atoms with Crippen molar-refractivity contribution in [1.29, 1.82) is 0 Å². The molecule has 0 amide bonds. The molecule has 0 aliphatic rings. The largest absolute Gasteiger partial charge is 0.300 e. The summed E-state index contributed by atoms with van der Waals surface area (Å²) in [4.78, 5) is 0. The molecule has 5 heteroatoms. The highest BCUT2D eigenvalue weighted by molar-refractivity contribution is 7.71. The third-order valence-corrected chi connectivity index (χ3v) is 2.88. The summed E-state index contributed by atoms with van der Waals surface area (Å²) >= 11 is 5.14. The van der Waals surface area contributed by atoms with E-state index < -0.39 is 0 Å². The first-order valence-corrected chi connectivity index (χ1v) is 5.96. The first-order valence-electron chi connectivity index (χ1n) is 5.55. The molecule has 0 saturated carbocycles. The van der Waals surface area contributed by atoms with Gasteiger partial charge in [0.2, 0.25) is 0 Å². The van der Waals surface area contributed by atoms with E-state index in [0.717, 1.165) is 18.5 Å². The lowest BCUT2D eigenvalue weighted by molar-refractivity contribution is 0.622. The number of aryl methyl sites for hydroxylation is 1. The molecule has 1 N–H and O–H groups in total. The maximum absolute atomic E-state index is 13.8. The first-order chi connectivity index (χ1) is 8.13. The predicted molar refractivity (Wildman–Crippen MR) is 67.8 cm³/mol. The average molecular weight is 251 g/mol. The van der Waals surface area contributed by atoms with Gasteiger partial charge >= 0.3 is 0 Å². The van der Waals surface area contributed by atoms with Gasteiger partial charge < -0.3 is 4.57 Å². The fourth-order valence-electron chi connectivity index (χ4n) is 1.76. The minimum atomic E-state index is -0.276. The number of nitrogens with zero attached hydrogens (tertiary/aromatic N) is 2. The summed E-state index contributed by atoms with van der Waals surface area (Å²) in [5.74, 6) is 0.292. The molecular weight excluding hydrogens is 237 g/mol. The second-order valence-electron chi connectivity index (χ2n) is 3.99. The van der Waals surface area contributed by atoms with Crippen molar-refractivity contribution in [3.63, 3.8) is 0 Å². The van der Waals surface area contributed by atoms with Gasteiger partial charge in [0.05, 0.1) is 5.56 Å². The van der Waals surface area contributed by atoms with E-state index in [1.807, 2.05) is 18.4 Å². The topological polar surface area (TPSA) is 33.6 Å². The van der Waals surface area contributed by atoms with Gasteiger partial charge in [0.1, 0.15) is 5.82 Å². The predicted octanol–water partition coefficient (Wildman–Crippen LogP) is 3.47. The van der Waals surface area contributed by atoms with Crippen molar-refractivity contribution in [2.75, 3.05) is 0 Å². The summed E-state index contributed by atoms with van der Waals surface area (Å²) in [6, 6.07) is 4.98. The summed E-state index contributed by atoms with van der Waals surface area (Å²) in [5, 5.41) is 6.83. The highest BCUT2D eigenvalue weighted by atomic mass is 32.1. The van der Waals surface area contributed by atoms with Gasteiger partial charge in [0, 0.05) is 6.54 Å². The van der Waals surface area contributed by atoms with Crippen LogP contribution in [0.3, 0.4) is 0 Å². The normalized spacial score (nSPS) is 10.8. The lowest BCUT2D eigenvalue weighted by atomic mass is 10.1. The van der Waals surface area contributed by atoms with E-state index in [0.29, 0.717) is 16.2 Å². The Hall–Kier alpha value is -1.49. The molecule has 0 unspecified atom stereocenters. The number of halogens is 1. The Kier molecular flexibility index (Phi) is 3.38. The van der Waals surface area contributed by atoms with Crippen molar-refractivity contribution in [3.05, 3.63) is 34.4 Å². The minimum Gasteiger partial charge on any atom is -0.300 e. The van der Waals surface area contributed by atoms with E-state index in [-0.39, 0.29) is 5.82 Å². The Labute approximate surface area is 104 Å². The van der Waals surface area contributed by atoms with E-state index in [2.05, 4.69) is 10.2 Å². The molecule has 2 aromatic rings. The summed E-state index contributed by atoms with van der Waals surface area (Å²) in [7, 11) is 0. The van der Waals surface area contributed by atoms with Gasteiger partial charge in [-0.15, -0.1) is 0 Å². The minimum absolute atomic E-state index is 0.276. The van der Waals surface area contributed by atoms with E-state index in [9.17, 15) is 4.39 Å². The average Bonchev–Trinajstić information content (AvgIpc) is 2.65. The van der Waals surface area contributed by atoms with Crippen LogP contribution >= 0.6 is 12.2 Å². The molecule has 2 rings (SSSR count). The molecule has 0 atom stereocenters. The molecule has 1 aromatic carbocycles. The molecule has 0 radical (unpaired) electrons. The zero-order valence-electron chi connectivity index (χ0n) is 9.83. The summed E-state index contributed by atoms with van der Waals surface area (Å²) < 4.78 is 16.1. The fraction of sp³-hybridized carbons (Fsp3) is 0.333. The van der Waals surface area contributed by atoms with Gasteiger partial charge in [-0.25, -0.2) is 4.39 Å². The molecule has 0 saturated heterocycles. The Morgan fingerprint density at radius 2 is 2.24 bits per heavy atom. The van der Waals surface area contributed by atoms with Crippen LogP contribution in [0.15, 0.2) is 18.2 Å². The lowest BCUT2D eigenvalue weighted by Crippen LogP contribution is -2.01. The molecular formula is C12H14FN3S. The van der Waals surface area contributed by atoms with Crippen LogP contribution in [0, 0.1) is 17.5 Å². The van der Waals surface area contributed by atoms with Crippen molar-refractivity contribution in [3.8, 4) is 11.4 Å². The molecule has 0 spiro atoms. The van der Waals surface area contributed by atoms with Gasteiger partial charge in [-0.1, -0.05) is 18.6 Å². The molecule has 3 nitrogen and oxygen atoms in total. The molecule has 0 bridgehead atoms. The summed E-state index contributed by atoms with van der Waals surface area (Å²) in [6.07, 6.45) is 0.925. The number of hydrogen-bond acceptors (Lipinski definition) is 2. The van der Waals surface area contributed by atoms with Crippen LogP contribution in [0.4, 0.5) is 4.39 Å². The molecule has 0 aliphatic carbocycles. The van der Waals surface area contributed by atoms with Gasteiger partial charge in [-0.3, -0.25) is 5.10 Å². The van der Waals surface area contributed by atoms with Crippen molar-refractivity contribution in [2.24, 2.45) is 0 Å². The van der Waals surface area contributed by atoms with Crippen LogP contribution in [-0.2, 0) is 6.54 Å². The third-order valence-electron chi connectivity index (χ3n) is 2.57. The van der Waals surface area contributed by atoms with Crippen LogP contribution in [0.25, 0.3) is 11.4 Å². The second kappa shape index (κ2) is 4.79. The fourth-order valence-corrected chi connectivity index (χ4v) is 1.99. The highest BCUT2D eigenvalue weighted by Gasteiger charge is 2.12. The van der Waals surface area contributed by atoms with Crippen LogP contribution in [-0.4, -0.2) is 14.8 Å². The SMILES string of the molecule is CCCn1c(-c2cc(C)ccc2F)n[nH]c1=S. The van der Waals surface area contributed by atoms with Crippen LogP contribution < -0.4 is 0 Å². The Balaban J connectivity index is 2.60. The van der Waals surface area contributed by atoms with E-state index in [4.69, 9.17) is 12.2 Å². The molecule has 0 aliphatic heterocycles. The Morgan fingerprint density at radius 3 is 2.94 bits per heavy atom.